The van der Waals surface area contributed by atoms with Crippen molar-refractivity contribution in [2.75, 3.05) is 13.2 Å². The minimum absolute atomic E-state index is 0.254. The third-order valence-electron chi connectivity index (χ3n) is 1.90. The fraction of sp³-hybridized carbons (Fsp3) is 0.364. The molecule has 4 heteroatoms. The third kappa shape index (κ3) is 4.08. The lowest BCUT2D eigenvalue weighted by Gasteiger charge is -2.01. The Morgan fingerprint density at radius 1 is 1.40 bits per heavy atom. The molecule has 1 aromatic rings. The van der Waals surface area contributed by atoms with Crippen LogP contribution in [-0.2, 0) is 4.84 Å². The highest BCUT2D eigenvalue weighted by Crippen LogP contribution is 2.04. The lowest BCUT2D eigenvalue weighted by Crippen LogP contribution is -2.03. The van der Waals surface area contributed by atoms with E-state index in [9.17, 15) is 4.39 Å². The molecule has 0 heterocycles. The van der Waals surface area contributed by atoms with Gasteiger partial charge in [-0.25, -0.2) is 4.39 Å². The average Bonchev–Trinajstić information content (AvgIpc) is 2.25. The van der Waals surface area contributed by atoms with Crippen molar-refractivity contribution in [1.29, 1.82) is 0 Å². The third-order valence-corrected chi connectivity index (χ3v) is 1.90. The highest BCUT2D eigenvalue weighted by molar-refractivity contribution is 5.98. The van der Waals surface area contributed by atoms with Crippen LogP contribution in [0.25, 0.3) is 0 Å². The van der Waals surface area contributed by atoms with Gasteiger partial charge in [0.1, 0.15) is 12.4 Å². The maximum Gasteiger partial charge on any atom is 0.123 e. The highest BCUT2D eigenvalue weighted by atomic mass is 19.1. The molecule has 82 valence electrons. The average molecular weight is 210 g/mol. The second kappa shape index (κ2) is 6.14. The maximum atomic E-state index is 12.6. The largest absolute Gasteiger partial charge is 0.396 e. The van der Waals surface area contributed by atoms with Gasteiger partial charge in [-0.3, -0.25) is 0 Å². The first-order valence-electron chi connectivity index (χ1n) is 4.86. The summed E-state index contributed by atoms with van der Waals surface area (Å²) in [7, 11) is 0. The zero-order valence-electron chi connectivity index (χ0n) is 8.74. The van der Waals surface area contributed by atoms with Gasteiger partial charge in [-0.2, -0.15) is 0 Å². The van der Waals surface area contributed by atoms with Crippen LogP contribution in [0.3, 0.4) is 0 Å². The second-order valence-electron chi connectivity index (χ2n) is 3.16. The zero-order chi connectivity index (χ0) is 11.1. The first-order chi connectivity index (χ1) is 7.24. The molecule has 2 N–H and O–H groups in total. The maximum absolute atomic E-state index is 12.6. The number of hydrogen-bond donors (Lipinski definition) is 1. The van der Waals surface area contributed by atoms with Gasteiger partial charge in [0, 0.05) is 0 Å². The Labute approximate surface area is 88.7 Å². The molecule has 1 rings (SSSR count). The van der Waals surface area contributed by atoms with E-state index in [1.165, 1.54) is 12.1 Å². The van der Waals surface area contributed by atoms with Crippen LogP contribution < -0.4 is 5.73 Å². The van der Waals surface area contributed by atoms with Crippen molar-refractivity contribution in [3.63, 3.8) is 0 Å². The van der Waals surface area contributed by atoms with Crippen LogP contribution in [-0.4, -0.2) is 18.9 Å². The molecule has 0 aliphatic heterocycles. The Bertz CT molecular complexity index is 322. The van der Waals surface area contributed by atoms with Crippen LogP contribution in [0.15, 0.2) is 29.4 Å². The predicted octanol–water partition coefficient (Wildman–Crippen LogP) is 1.92. The number of nitrogens with zero attached hydrogens (tertiary/aromatic N) is 1. The summed E-state index contributed by atoms with van der Waals surface area (Å²) in [4.78, 5) is 5.03. The molecule has 0 aliphatic carbocycles. The van der Waals surface area contributed by atoms with E-state index in [4.69, 9.17) is 10.6 Å². The smallest absolute Gasteiger partial charge is 0.123 e. The Hall–Kier alpha value is -1.42. The van der Waals surface area contributed by atoms with Crippen LogP contribution in [0.2, 0.25) is 0 Å². The SMILES string of the molecule is C/C(=N\OCCCN)c1ccc(F)cc1. The fourth-order valence-electron chi connectivity index (χ4n) is 1.03. The molecule has 0 aliphatic rings. The summed E-state index contributed by atoms with van der Waals surface area (Å²) in [6.07, 6.45) is 0.778. The number of benzene rings is 1. The molecule has 3 nitrogen and oxygen atoms in total. The normalized spacial score (nSPS) is 11.5. The zero-order valence-corrected chi connectivity index (χ0v) is 8.74. The van der Waals surface area contributed by atoms with Crippen LogP contribution in [0, 0.1) is 5.82 Å². The lowest BCUT2D eigenvalue weighted by molar-refractivity contribution is 0.143. The minimum atomic E-state index is -0.254. The molecule has 0 spiro atoms. The molecule has 1 aromatic carbocycles. The van der Waals surface area contributed by atoms with Gasteiger partial charge >= 0.3 is 0 Å². The van der Waals surface area contributed by atoms with Gasteiger partial charge in [0.15, 0.2) is 0 Å². The van der Waals surface area contributed by atoms with Gasteiger partial charge in [0.2, 0.25) is 0 Å². The summed E-state index contributed by atoms with van der Waals surface area (Å²) in [5, 5.41) is 3.90. The van der Waals surface area contributed by atoms with Crippen molar-refractivity contribution in [2.45, 2.75) is 13.3 Å². The van der Waals surface area contributed by atoms with Crippen molar-refractivity contribution in [2.24, 2.45) is 10.9 Å². The Balaban J connectivity index is 2.52. The topological polar surface area (TPSA) is 47.6 Å². The van der Waals surface area contributed by atoms with Gasteiger partial charge in [0.05, 0.1) is 5.71 Å². The van der Waals surface area contributed by atoms with Gasteiger partial charge in [0.25, 0.3) is 0 Å². The number of hydrogen-bond acceptors (Lipinski definition) is 3. The monoisotopic (exact) mass is 210 g/mol. The van der Waals surface area contributed by atoms with Crippen molar-refractivity contribution < 1.29 is 9.23 Å². The summed E-state index contributed by atoms with van der Waals surface area (Å²) >= 11 is 0. The molecule has 0 saturated heterocycles. The van der Waals surface area contributed by atoms with E-state index in [-0.39, 0.29) is 5.82 Å². The van der Waals surface area contributed by atoms with E-state index in [2.05, 4.69) is 5.16 Å². The molecular weight excluding hydrogens is 195 g/mol. The molecule has 0 fully saturated rings. The summed E-state index contributed by atoms with van der Waals surface area (Å²) in [5.74, 6) is -0.254. The van der Waals surface area contributed by atoms with E-state index in [1.807, 2.05) is 6.92 Å². The lowest BCUT2D eigenvalue weighted by atomic mass is 10.1. The predicted molar refractivity (Wildman–Crippen MR) is 58.2 cm³/mol. The first-order valence-corrected chi connectivity index (χ1v) is 4.86. The van der Waals surface area contributed by atoms with Crippen molar-refractivity contribution >= 4 is 5.71 Å². The molecule has 0 saturated carbocycles. The molecular formula is C11H15FN2O. The van der Waals surface area contributed by atoms with E-state index < -0.39 is 0 Å². The number of rotatable bonds is 5. The molecule has 0 unspecified atom stereocenters. The second-order valence-corrected chi connectivity index (χ2v) is 3.16. The van der Waals surface area contributed by atoms with Crippen LogP contribution in [0.1, 0.15) is 18.9 Å². The van der Waals surface area contributed by atoms with Crippen LogP contribution >= 0.6 is 0 Å². The molecule has 0 radical (unpaired) electrons. The molecule has 15 heavy (non-hydrogen) atoms. The summed E-state index contributed by atoms with van der Waals surface area (Å²) in [6.45, 7) is 2.91. The van der Waals surface area contributed by atoms with E-state index in [0.717, 1.165) is 17.7 Å². The summed E-state index contributed by atoms with van der Waals surface area (Å²) in [5.41, 5.74) is 6.88. The summed E-state index contributed by atoms with van der Waals surface area (Å²) in [6, 6.07) is 6.13. The first kappa shape index (κ1) is 11.7. The highest BCUT2D eigenvalue weighted by Gasteiger charge is 1.97. The molecule has 0 bridgehead atoms. The van der Waals surface area contributed by atoms with E-state index in [0.29, 0.717) is 13.2 Å². The Kier molecular flexibility index (Phi) is 4.77. The summed E-state index contributed by atoms with van der Waals surface area (Å²) < 4.78 is 12.6. The minimum Gasteiger partial charge on any atom is -0.396 e. The van der Waals surface area contributed by atoms with Crippen molar-refractivity contribution in [3.8, 4) is 0 Å². The van der Waals surface area contributed by atoms with Gasteiger partial charge in [-0.05, 0) is 37.6 Å². The van der Waals surface area contributed by atoms with Crippen LogP contribution in [0.4, 0.5) is 4.39 Å². The van der Waals surface area contributed by atoms with Crippen molar-refractivity contribution in [3.05, 3.63) is 35.6 Å². The van der Waals surface area contributed by atoms with Gasteiger partial charge in [-0.15, -0.1) is 0 Å². The van der Waals surface area contributed by atoms with E-state index >= 15 is 0 Å². The fourth-order valence-corrected chi connectivity index (χ4v) is 1.03. The quantitative estimate of drug-likeness (QED) is 0.458. The number of halogens is 1. The van der Waals surface area contributed by atoms with Crippen LogP contribution in [0.5, 0.6) is 0 Å². The molecule has 0 aromatic heterocycles. The standard InChI is InChI=1S/C11H15FN2O/c1-9(14-15-8-2-7-13)10-3-5-11(12)6-4-10/h3-6H,2,7-8,13H2,1H3/b14-9+. The Morgan fingerprint density at radius 2 is 2.07 bits per heavy atom. The van der Waals surface area contributed by atoms with Gasteiger partial charge in [-0.1, -0.05) is 17.3 Å². The van der Waals surface area contributed by atoms with E-state index in [1.54, 1.807) is 12.1 Å². The van der Waals surface area contributed by atoms with Gasteiger partial charge < -0.3 is 10.6 Å². The Morgan fingerprint density at radius 3 is 2.67 bits per heavy atom. The molecule has 0 amide bonds. The number of nitrogens with two attached hydrogens (primary N) is 1. The molecule has 0 atom stereocenters. The number of oxime groups is 1. The van der Waals surface area contributed by atoms with Crippen molar-refractivity contribution in [1.82, 2.24) is 0 Å².